The topological polar surface area (TPSA) is 109 Å². The Kier molecular flexibility index (Phi) is 4.44. The molecule has 0 unspecified atom stereocenters. The van der Waals surface area contributed by atoms with Gasteiger partial charge in [0.2, 0.25) is 12.7 Å². The fourth-order valence-corrected chi connectivity index (χ4v) is 3.04. The maximum Gasteiger partial charge on any atom is 0.255 e. The van der Waals surface area contributed by atoms with Crippen LogP contribution >= 0.6 is 0 Å². The van der Waals surface area contributed by atoms with Crippen LogP contribution in [0.3, 0.4) is 0 Å². The molecule has 0 bridgehead atoms. The second-order valence-electron chi connectivity index (χ2n) is 6.11. The average Bonchev–Trinajstić information content (AvgIpc) is 3.30. The van der Waals surface area contributed by atoms with Crippen molar-refractivity contribution in [2.45, 2.75) is 0 Å². The molecule has 1 aromatic carbocycles. The minimum atomic E-state index is -0.215. The third-order valence-electron chi connectivity index (χ3n) is 4.38. The smallest absolute Gasteiger partial charge is 0.255 e. The number of H-pyrrole nitrogens is 1. The van der Waals surface area contributed by atoms with Crippen molar-refractivity contribution < 1.29 is 19.1 Å². The van der Waals surface area contributed by atoms with Gasteiger partial charge in [-0.05, 0) is 18.2 Å². The molecule has 2 aliphatic rings. The number of fused-ring (bicyclic) bond motifs is 1. The zero-order valence-corrected chi connectivity index (χ0v) is 14.1. The van der Waals surface area contributed by atoms with Crippen LogP contribution in [0.2, 0.25) is 0 Å². The molecule has 1 saturated heterocycles. The fraction of sp³-hybridized carbons (Fsp3) is 0.353. The average molecular weight is 357 g/mol. The van der Waals surface area contributed by atoms with Gasteiger partial charge in [-0.3, -0.25) is 19.6 Å². The molecule has 0 radical (unpaired) electrons. The van der Waals surface area contributed by atoms with E-state index in [1.165, 1.54) is 6.20 Å². The Morgan fingerprint density at radius 3 is 3.08 bits per heavy atom. The molecule has 2 amide bonds. The van der Waals surface area contributed by atoms with E-state index < -0.39 is 0 Å². The second-order valence-corrected chi connectivity index (χ2v) is 6.11. The second kappa shape index (κ2) is 7.04. The van der Waals surface area contributed by atoms with Gasteiger partial charge in [-0.25, -0.2) is 0 Å². The summed E-state index contributed by atoms with van der Waals surface area (Å²) in [5, 5.41) is 12.5. The van der Waals surface area contributed by atoms with Crippen molar-refractivity contribution in [1.29, 1.82) is 0 Å². The first kappa shape index (κ1) is 16.4. The highest BCUT2D eigenvalue weighted by Gasteiger charge is 2.20. The van der Waals surface area contributed by atoms with E-state index in [2.05, 4.69) is 20.8 Å². The molecule has 0 spiro atoms. The fourth-order valence-electron chi connectivity index (χ4n) is 3.04. The number of carbonyl (C=O) groups is 2. The van der Waals surface area contributed by atoms with Crippen molar-refractivity contribution in [2.24, 2.45) is 0 Å². The normalized spacial score (nSPS) is 16.4. The third-order valence-corrected chi connectivity index (χ3v) is 4.38. The van der Waals surface area contributed by atoms with Gasteiger partial charge in [0.25, 0.3) is 5.91 Å². The van der Waals surface area contributed by atoms with E-state index in [4.69, 9.17) is 9.47 Å². The highest BCUT2D eigenvalue weighted by Crippen LogP contribution is 2.36. The largest absolute Gasteiger partial charge is 0.454 e. The van der Waals surface area contributed by atoms with Crippen molar-refractivity contribution >= 4 is 11.8 Å². The molecule has 0 saturated carbocycles. The van der Waals surface area contributed by atoms with Crippen LogP contribution in [0.5, 0.6) is 11.5 Å². The van der Waals surface area contributed by atoms with E-state index >= 15 is 0 Å². The van der Waals surface area contributed by atoms with Crippen molar-refractivity contribution in [3.8, 4) is 22.8 Å². The van der Waals surface area contributed by atoms with Crippen molar-refractivity contribution in [2.75, 3.05) is 39.5 Å². The first-order chi connectivity index (χ1) is 12.7. The molecular formula is C17H19N5O4. The Morgan fingerprint density at radius 1 is 1.31 bits per heavy atom. The van der Waals surface area contributed by atoms with Crippen LogP contribution in [0.25, 0.3) is 11.3 Å². The number of hydrogen-bond donors (Lipinski definition) is 3. The predicted molar refractivity (Wildman–Crippen MR) is 91.9 cm³/mol. The van der Waals surface area contributed by atoms with E-state index in [0.717, 1.165) is 12.1 Å². The molecule has 0 aliphatic carbocycles. The number of piperazine rings is 1. The first-order valence-electron chi connectivity index (χ1n) is 8.41. The van der Waals surface area contributed by atoms with Gasteiger partial charge in [-0.1, -0.05) is 0 Å². The van der Waals surface area contributed by atoms with Gasteiger partial charge in [0.1, 0.15) is 0 Å². The van der Waals surface area contributed by atoms with Gasteiger partial charge in [0.05, 0.1) is 24.0 Å². The SMILES string of the molecule is O=C1CN(CCNC(=O)c2cn[nH]c2-c2ccc3c(c2)OCO3)CCN1. The van der Waals surface area contributed by atoms with Gasteiger partial charge in [-0.15, -0.1) is 0 Å². The standard InChI is InChI=1S/C17H19N5O4/c23-15-9-22(5-3-18-15)6-4-19-17(24)12-8-20-21-16(12)11-1-2-13-14(7-11)26-10-25-13/h1-2,7-8H,3-6,9-10H2,(H,18,23)(H,19,24)(H,20,21). The quantitative estimate of drug-likeness (QED) is 0.693. The number of carbonyl (C=O) groups excluding carboxylic acids is 2. The molecule has 1 fully saturated rings. The van der Waals surface area contributed by atoms with Crippen LogP contribution in [0.4, 0.5) is 0 Å². The van der Waals surface area contributed by atoms with E-state index in [1.807, 2.05) is 23.1 Å². The van der Waals surface area contributed by atoms with Crippen LogP contribution in [0.1, 0.15) is 10.4 Å². The van der Waals surface area contributed by atoms with Crippen LogP contribution in [0, 0.1) is 0 Å². The Labute approximate surface area is 149 Å². The minimum absolute atomic E-state index is 0.0162. The minimum Gasteiger partial charge on any atom is -0.454 e. The molecule has 0 atom stereocenters. The monoisotopic (exact) mass is 357 g/mol. The van der Waals surface area contributed by atoms with Crippen LogP contribution in [0.15, 0.2) is 24.4 Å². The van der Waals surface area contributed by atoms with Gasteiger partial charge in [0, 0.05) is 31.7 Å². The molecule has 9 heteroatoms. The summed E-state index contributed by atoms with van der Waals surface area (Å²) in [5.74, 6) is 1.13. The summed E-state index contributed by atoms with van der Waals surface area (Å²) in [6.07, 6.45) is 1.50. The lowest BCUT2D eigenvalue weighted by atomic mass is 10.1. The van der Waals surface area contributed by atoms with Gasteiger partial charge < -0.3 is 20.1 Å². The van der Waals surface area contributed by atoms with Gasteiger partial charge in [-0.2, -0.15) is 5.10 Å². The maximum atomic E-state index is 12.5. The number of benzene rings is 1. The van der Waals surface area contributed by atoms with Crippen molar-refractivity contribution in [1.82, 2.24) is 25.7 Å². The number of hydrogen-bond acceptors (Lipinski definition) is 6. The Morgan fingerprint density at radius 2 is 2.19 bits per heavy atom. The third kappa shape index (κ3) is 3.33. The zero-order chi connectivity index (χ0) is 17.9. The predicted octanol–water partition coefficient (Wildman–Crippen LogP) is -0.0330. The lowest BCUT2D eigenvalue weighted by Crippen LogP contribution is -2.49. The number of aromatic amines is 1. The Hall–Kier alpha value is -3.07. The Balaban J connectivity index is 1.40. The summed E-state index contributed by atoms with van der Waals surface area (Å²) in [5.41, 5.74) is 1.88. The van der Waals surface area contributed by atoms with E-state index in [-0.39, 0.29) is 18.6 Å². The molecule has 2 aromatic rings. The number of rotatable bonds is 5. The van der Waals surface area contributed by atoms with Gasteiger partial charge in [0.15, 0.2) is 11.5 Å². The number of nitrogens with zero attached hydrogens (tertiary/aromatic N) is 2. The summed E-state index contributed by atoms with van der Waals surface area (Å²) in [6.45, 7) is 3.07. The maximum absolute atomic E-state index is 12.5. The molecule has 3 heterocycles. The molecule has 3 N–H and O–H groups in total. The molecule has 2 aliphatic heterocycles. The number of aromatic nitrogens is 2. The van der Waals surface area contributed by atoms with Crippen LogP contribution in [-0.4, -0.2) is 66.4 Å². The summed E-state index contributed by atoms with van der Waals surface area (Å²) in [6, 6.07) is 5.48. The highest BCUT2D eigenvalue weighted by atomic mass is 16.7. The number of nitrogens with one attached hydrogen (secondary N) is 3. The molecule has 1 aromatic heterocycles. The summed E-state index contributed by atoms with van der Waals surface area (Å²) in [7, 11) is 0. The number of amides is 2. The van der Waals surface area contributed by atoms with Crippen molar-refractivity contribution in [3.63, 3.8) is 0 Å². The van der Waals surface area contributed by atoms with E-state index in [1.54, 1.807) is 0 Å². The van der Waals surface area contributed by atoms with E-state index in [0.29, 0.717) is 48.9 Å². The summed E-state index contributed by atoms with van der Waals surface area (Å²) in [4.78, 5) is 25.9. The first-order valence-corrected chi connectivity index (χ1v) is 8.41. The Bertz CT molecular complexity index is 834. The number of ether oxygens (including phenoxy) is 2. The lowest BCUT2D eigenvalue weighted by molar-refractivity contribution is -0.124. The highest BCUT2D eigenvalue weighted by molar-refractivity contribution is 5.99. The van der Waals surface area contributed by atoms with Crippen molar-refractivity contribution in [3.05, 3.63) is 30.0 Å². The van der Waals surface area contributed by atoms with Crippen LogP contribution < -0.4 is 20.1 Å². The molecule has 26 heavy (non-hydrogen) atoms. The summed E-state index contributed by atoms with van der Waals surface area (Å²) >= 11 is 0. The van der Waals surface area contributed by atoms with E-state index in [9.17, 15) is 9.59 Å². The summed E-state index contributed by atoms with van der Waals surface area (Å²) < 4.78 is 10.7. The van der Waals surface area contributed by atoms with Crippen LogP contribution in [-0.2, 0) is 4.79 Å². The molecule has 4 rings (SSSR count). The molecular weight excluding hydrogens is 338 g/mol. The lowest BCUT2D eigenvalue weighted by Gasteiger charge is -2.26. The van der Waals surface area contributed by atoms with Gasteiger partial charge >= 0.3 is 0 Å². The molecule has 136 valence electrons. The molecule has 9 nitrogen and oxygen atoms in total. The zero-order valence-electron chi connectivity index (χ0n) is 14.1.